The average Bonchev–Trinajstić information content (AvgIpc) is 3.18. The minimum absolute atomic E-state index is 0.103. The number of sulfonamides is 2. The molecule has 1 amide bonds. The predicted octanol–water partition coefficient (Wildman–Crippen LogP) is -0.596. The van der Waals surface area contributed by atoms with Gasteiger partial charge in [-0.1, -0.05) is 25.2 Å². The van der Waals surface area contributed by atoms with E-state index in [1.54, 1.807) is 0 Å². The Morgan fingerprint density at radius 2 is 1.84 bits per heavy atom. The van der Waals surface area contributed by atoms with Crippen molar-refractivity contribution in [2.75, 3.05) is 11.9 Å². The van der Waals surface area contributed by atoms with Gasteiger partial charge in [0.25, 0.3) is 10.0 Å². The third-order valence-corrected chi connectivity index (χ3v) is 11.5. The average molecular weight is 547 g/mol. The minimum atomic E-state index is -4.23. The number of amides is 1. The lowest BCUT2D eigenvalue weighted by Crippen LogP contribution is -2.35. The monoisotopic (exact) mass is 546 g/mol. The van der Waals surface area contributed by atoms with E-state index in [1.807, 2.05) is 13.8 Å². The summed E-state index contributed by atoms with van der Waals surface area (Å²) in [6, 6.07) is -0.148. The van der Waals surface area contributed by atoms with E-state index >= 15 is 0 Å². The summed E-state index contributed by atoms with van der Waals surface area (Å²) in [6.07, 6.45) is 1.95. The number of likely N-dealkylation sites (N-methyl/N-ethyl adjacent to an activating group) is 1. The molecule has 2 atom stereocenters. The highest BCUT2D eigenvalue weighted by Gasteiger charge is 2.43. The first kappa shape index (κ1) is 26.8. The van der Waals surface area contributed by atoms with E-state index in [-0.39, 0.29) is 30.9 Å². The highest BCUT2D eigenvalue weighted by Crippen LogP contribution is 2.46. The molecule has 0 aliphatic carbocycles. The highest BCUT2D eigenvalue weighted by molar-refractivity contribution is 8.26. The maximum Gasteiger partial charge on any atom is 0.267 e. The molecule has 0 saturated heterocycles. The molecule has 13 nitrogen and oxygen atoms in total. The Kier molecular flexibility index (Phi) is 8.25. The fraction of sp³-hybridized carbons (Fsp3) is 0.500. The highest BCUT2D eigenvalue weighted by atomic mass is 32.3. The molecule has 3 heterocycles. The summed E-state index contributed by atoms with van der Waals surface area (Å²) in [5.41, 5.74) is 0.522. The van der Waals surface area contributed by atoms with Crippen LogP contribution >= 0.6 is 23.1 Å². The minimum Gasteiger partial charge on any atom is -0.310 e. The normalized spacial score (nSPS) is 22.5. The van der Waals surface area contributed by atoms with Crippen molar-refractivity contribution in [3.8, 4) is 0 Å². The molecule has 32 heavy (non-hydrogen) atoms. The van der Waals surface area contributed by atoms with E-state index in [4.69, 9.17) is 10.3 Å². The van der Waals surface area contributed by atoms with Crippen molar-refractivity contribution < 1.29 is 30.0 Å². The first-order valence-corrected chi connectivity index (χ1v) is 15.1. The van der Waals surface area contributed by atoms with Crippen LogP contribution in [-0.4, -0.2) is 59.2 Å². The number of anilines is 1. The molecule has 0 spiro atoms. The number of hydrogen-bond acceptors (Lipinski definition) is 12. The quantitative estimate of drug-likeness (QED) is 0.341. The number of nitrogens with one attached hydrogen (secondary N) is 2. The SMILES string of the molecule is CC(=O)Nc1nnc(S(N)(=O)=O)s1.CCN[C@H]1C[C@H](C)SC2=C1C=C(S(N)(=O)=O)S2(=O)=O. The molecule has 1 aromatic heterocycles. The van der Waals surface area contributed by atoms with Crippen molar-refractivity contribution in [2.45, 2.75) is 42.8 Å². The van der Waals surface area contributed by atoms with Crippen LogP contribution in [0.1, 0.15) is 27.2 Å². The second-order valence-electron chi connectivity index (χ2n) is 6.63. The molecule has 0 unspecified atom stereocenters. The lowest BCUT2D eigenvalue weighted by Gasteiger charge is -2.27. The Morgan fingerprint density at radius 1 is 1.22 bits per heavy atom. The van der Waals surface area contributed by atoms with Gasteiger partial charge in [-0.3, -0.25) is 4.79 Å². The van der Waals surface area contributed by atoms with Gasteiger partial charge in [-0.2, -0.15) is 0 Å². The molecule has 6 N–H and O–H groups in total. The van der Waals surface area contributed by atoms with Gasteiger partial charge in [-0.25, -0.2) is 35.5 Å². The van der Waals surface area contributed by atoms with Crippen LogP contribution in [0.4, 0.5) is 5.13 Å². The van der Waals surface area contributed by atoms with Crippen LogP contribution in [0.3, 0.4) is 0 Å². The zero-order valence-electron chi connectivity index (χ0n) is 17.1. The second-order valence-corrected chi connectivity index (χ2v) is 14.7. The molecule has 2 aliphatic rings. The van der Waals surface area contributed by atoms with Crippen LogP contribution in [-0.2, 0) is 34.7 Å². The van der Waals surface area contributed by atoms with Crippen LogP contribution in [0.5, 0.6) is 0 Å². The second kappa shape index (κ2) is 9.84. The number of nitrogens with two attached hydrogens (primary N) is 2. The van der Waals surface area contributed by atoms with E-state index in [9.17, 15) is 30.0 Å². The molecule has 3 rings (SSSR count). The third kappa shape index (κ3) is 6.34. The molecule has 2 aliphatic heterocycles. The molecule has 180 valence electrons. The van der Waals surface area contributed by atoms with E-state index in [0.717, 1.165) is 6.42 Å². The lowest BCUT2D eigenvalue weighted by atomic mass is 10.0. The van der Waals surface area contributed by atoms with Gasteiger partial charge in [0.05, 0.1) is 0 Å². The van der Waals surface area contributed by atoms with Gasteiger partial charge >= 0.3 is 0 Å². The Morgan fingerprint density at radius 3 is 2.31 bits per heavy atom. The molecular weight excluding hydrogens is 525 g/mol. The third-order valence-electron chi connectivity index (χ3n) is 3.93. The van der Waals surface area contributed by atoms with Gasteiger partial charge in [0, 0.05) is 18.2 Å². The lowest BCUT2D eigenvalue weighted by molar-refractivity contribution is -0.114. The van der Waals surface area contributed by atoms with Crippen LogP contribution in [0.2, 0.25) is 0 Å². The van der Waals surface area contributed by atoms with Crippen molar-refractivity contribution in [1.29, 1.82) is 0 Å². The number of nitrogens with zero attached hydrogens (tertiary/aromatic N) is 2. The van der Waals surface area contributed by atoms with E-state index in [2.05, 4.69) is 20.8 Å². The van der Waals surface area contributed by atoms with Crippen LogP contribution in [0.25, 0.3) is 0 Å². The van der Waals surface area contributed by atoms with Crippen LogP contribution in [0.15, 0.2) is 24.5 Å². The Bertz CT molecular complexity index is 1280. The summed E-state index contributed by atoms with van der Waals surface area (Å²) in [5.74, 6) is -0.350. The summed E-state index contributed by atoms with van der Waals surface area (Å²) in [6.45, 7) is 5.79. The smallest absolute Gasteiger partial charge is 0.267 e. The molecule has 1 aromatic rings. The summed E-state index contributed by atoms with van der Waals surface area (Å²) in [4.78, 5) is 10.5. The number of carbonyl (C=O) groups is 1. The summed E-state index contributed by atoms with van der Waals surface area (Å²) in [5, 5.41) is 22.1. The van der Waals surface area contributed by atoms with E-state index in [0.29, 0.717) is 23.5 Å². The first-order chi connectivity index (χ1) is 14.6. The molecule has 18 heteroatoms. The Hall–Kier alpha value is -1.41. The van der Waals surface area contributed by atoms with Gasteiger partial charge in [0.1, 0.15) is 4.24 Å². The Balaban J connectivity index is 0.000000244. The van der Waals surface area contributed by atoms with Gasteiger partial charge in [0.15, 0.2) is 4.24 Å². The maximum absolute atomic E-state index is 12.2. The van der Waals surface area contributed by atoms with Gasteiger partial charge < -0.3 is 10.6 Å². The van der Waals surface area contributed by atoms with Crippen molar-refractivity contribution in [3.63, 3.8) is 0 Å². The zero-order valence-corrected chi connectivity index (χ0v) is 21.2. The molecule has 0 fully saturated rings. The van der Waals surface area contributed by atoms with Gasteiger partial charge in [0.2, 0.25) is 35.2 Å². The number of thioether (sulfide) groups is 1. The Labute approximate surface area is 194 Å². The summed E-state index contributed by atoms with van der Waals surface area (Å²) in [7, 11) is -12.0. The van der Waals surface area contributed by atoms with E-state index < -0.39 is 34.1 Å². The summed E-state index contributed by atoms with van der Waals surface area (Å²) >= 11 is 1.89. The van der Waals surface area contributed by atoms with Gasteiger partial charge in [-0.15, -0.1) is 22.0 Å². The van der Waals surface area contributed by atoms with Crippen LogP contribution in [0, 0.1) is 0 Å². The number of rotatable bonds is 5. The fourth-order valence-corrected chi connectivity index (χ4v) is 9.31. The molecule has 0 saturated carbocycles. The molecule has 0 radical (unpaired) electrons. The number of primary sulfonamides is 2. The van der Waals surface area contributed by atoms with Crippen molar-refractivity contribution in [2.24, 2.45) is 10.3 Å². The largest absolute Gasteiger partial charge is 0.310 e. The van der Waals surface area contributed by atoms with Crippen molar-refractivity contribution in [1.82, 2.24) is 15.5 Å². The maximum atomic E-state index is 12.2. The standard InChI is InChI=1S/C10H16N2O4S3.C4H6N4O3S2/c1-3-12-8-4-6(2)17-10-7(8)5-9(18(10,13)14)19(11,15)16;1-2(9)6-3-7-8-4(12-3)13(5,10)11/h5-6,8,12H,3-4H2,1-2H3,(H2,11,15,16);1H3,(H2,5,10,11)(H,6,7,9)/t6-,8-;/m0./s1. The number of carbonyl (C=O) groups excluding carboxylic acids is 1. The zero-order chi connectivity index (χ0) is 24.5. The molecule has 0 bridgehead atoms. The molecule has 0 aromatic carbocycles. The van der Waals surface area contributed by atoms with Gasteiger partial charge in [-0.05, 0) is 24.6 Å². The first-order valence-electron chi connectivity index (χ1n) is 8.85. The predicted molar refractivity (Wildman–Crippen MR) is 122 cm³/mol. The topological polar surface area (TPSA) is 221 Å². The van der Waals surface area contributed by atoms with Crippen molar-refractivity contribution >= 4 is 64.0 Å². The summed E-state index contributed by atoms with van der Waals surface area (Å²) < 4.78 is 67.8. The van der Waals surface area contributed by atoms with E-state index in [1.165, 1.54) is 24.8 Å². The van der Waals surface area contributed by atoms with Crippen LogP contribution < -0.4 is 20.9 Å². The fourth-order valence-electron chi connectivity index (χ4n) is 2.77. The van der Waals surface area contributed by atoms with Crippen molar-refractivity contribution in [3.05, 3.63) is 20.1 Å². The number of hydrogen-bond donors (Lipinski definition) is 4. The molecular formula is C14H22N6O7S5. The number of aromatic nitrogens is 2. The number of sulfone groups is 1.